The van der Waals surface area contributed by atoms with Crippen LogP contribution in [0, 0.1) is 0 Å². The van der Waals surface area contributed by atoms with Crippen LogP contribution in [0.1, 0.15) is 22.7 Å². The Bertz CT molecular complexity index is 1600. The second-order valence-corrected chi connectivity index (χ2v) is 9.18. The molecule has 0 aliphatic carbocycles. The van der Waals surface area contributed by atoms with Crippen LogP contribution in [0.2, 0.25) is 0 Å². The lowest BCUT2D eigenvalue weighted by Crippen LogP contribution is -2.33. The summed E-state index contributed by atoms with van der Waals surface area (Å²) >= 11 is 0. The molecule has 0 unspecified atom stereocenters. The first-order valence-electron chi connectivity index (χ1n) is 12.4. The Balaban J connectivity index is 1.50. The van der Waals surface area contributed by atoms with Crippen molar-refractivity contribution in [1.29, 1.82) is 0 Å². The quantitative estimate of drug-likeness (QED) is 0.262. The first-order chi connectivity index (χ1) is 18.9. The highest BCUT2D eigenvalue weighted by atomic mass is 16.5. The number of hydrogen-bond acceptors (Lipinski definition) is 6. The van der Waals surface area contributed by atoms with Gasteiger partial charge < -0.3 is 29.6 Å². The number of methoxy groups -OCH3 is 2. The zero-order valence-electron chi connectivity index (χ0n) is 21.5. The summed E-state index contributed by atoms with van der Waals surface area (Å²) in [6.45, 7) is 0.222. The number of hydrogen-bond donors (Lipinski definition) is 3. The van der Waals surface area contributed by atoms with Crippen molar-refractivity contribution in [2.45, 2.75) is 12.5 Å². The number of allylic oxidation sites excluding steroid dienone is 1. The number of carbonyl (C=O) groups is 2. The number of aromatic nitrogens is 1. The fourth-order valence-corrected chi connectivity index (χ4v) is 4.90. The van der Waals surface area contributed by atoms with Crippen molar-refractivity contribution in [3.63, 3.8) is 0 Å². The number of benzene rings is 3. The van der Waals surface area contributed by atoms with Crippen LogP contribution in [-0.2, 0) is 16.0 Å². The fraction of sp³-hybridized carbons (Fsp3) is 0.161. The minimum Gasteiger partial charge on any atom is -0.504 e. The third-order valence-electron chi connectivity index (χ3n) is 6.91. The largest absolute Gasteiger partial charge is 0.504 e. The number of aromatic amines is 1. The first kappa shape index (κ1) is 25.7. The molecule has 8 heteroatoms. The number of aromatic hydroxyl groups is 1. The molecule has 1 aliphatic heterocycles. The molecule has 1 aliphatic rings. The molecule has 5 rings (SSSR count). The van der Waals surface area contributed by atoms with Crippen molar-refractivity contribution in [2.75, 3.05) is 20.8 Å². The highest BCUT2D eigenvalue weighted by Gasteiger charge is 2.43. The number of nitrogens with one attached hydrogen (secondary N) is 1. The zero-order chi connectivity index (χ0) is 27.5. The van der Waals surface area contributed by atoms with Gasteiger partial charge in [0.1, 0.15) is 5.75 Å². The number of carbonyl (C=O) groups excluding carboxylic acids is 2. The van der Waals surface area contributed by atoms with Crippen LogP contribution < -0.4 is 9.47 Å². The number of rotatable bonds is 9. The number of ether oxygens (including phenoxy) is 2. The van der Waals surface area contributed by atoms with Crippen LogP contribution in [0.25, 0.3) is 17.0 Å². The molecule has 0 fully saturated rings. The van der Waals surface area contributed by atoms with Gasteiger partial charge in [-0.1, -0.05) is 42.5 Å². The summed E-state index contributed by atoms with van der Waals surface area (Å²) in [5, 5.41) is 22.0. The Morgan fingerprint density at radius 2 is 1.82 bits per heavy atom. The van der Waals surface area contributed by atoms with Crippen molar-refractivity contribution in [1.82, 2.24) is 9.88 Å². The number of aliphatic hydroxyl groups excluding tert-OH is 1. The maximum absolute atomic E-state index is 13.4. The summed E-state index contributed by atoms with van der Waals surface area (Å²) in [4.78, 5) is 31.5. The van der Waals surface area contributed by atoms with Gasteiger partial charge in [0.05, 0.1) is 25.8 Å². The van der Waals surface area contributed by atoms with Crippen LogP contribution in [-0.4, -0.2) is 52.6 Å². The summed E-state index contributed by atoms with van der Waals surface area (Å²) < 4.78 is 10.6. The van der Waals surface area contributed by atoms with Gasteiger partial charge >= 0.3 is 0 Å². The summed E-state index contributed by atoms with van der Waals surface area (Å²) in [6.07, 6.45) is 5.34. The number of H-pyrrole nitrogens is 1. The minimum absolute atomic E-state index is 0.0273. The summed E-state index contributed by atoms with van der Waals surface area (Å²) in [5.74, 6) is -0.874. The number of amides is 1. The van der Waals surface area contributed by atoms with Gasteiger partial charge in [0.15, 0.2) is 23.0 Å². The van der Waals surface area contributed by atoms with Gasteiger partial charge in [-0.3, -0.25) is 9.59 Å². The van der Waals surface area contributed by atoms with Crippen LogP contribution >= 0.6 is 0 Å². The second-order valence-electron chi connectivity index (χ2n) is 9.18. The van der Waals surface area contributed by atoms with E-state index in [1.165, 1.54) is 24.2 Å². The predicted octanol–water partition coefficient (Wildman–Crippen LogP) is 5.11. The number of ketones is 1. The lowest BCUT2D eigenvalue weighted by atomic mass is 9.95. The molecule has 3 aromatic carbocycles. The Kier molecular flexibility index (Phi) is 7.10. The van der Waals surface area contributed by atoms with E-state index in [1.807, 2.05) is 54.7 Å². The Labute approximate surface area is 225 Å². The van der Waals surface area contributed by atoms with Crippen molar-refractivity contribution in [2.24, 2.45) is 0 Å². The number of phenols is 1. The average molecular weight is 525 g/mol. The topological polar surface area (TPSA) is 112 Å². The van der Waals surface area contributed by atoms with E-state index in [4.69, 9.17) is 9.47 Å². The van der Waals surface area contributed by atoms with Gasteiger partial charge in [-0.15, -0.1) is 0 Å². The van der Waals surface area contributed by atoms with E-state index in [2.05, 4.69) is 4.98 Å². The number of nitrogens with zero attached hydrogens (tertiary/aromatic N) is 1. The van der Waals surface area contributed by atoms with Gasteiger partial charge in [0.2, 0.25) is 0 Å². The van der Waals surface area contributed by atoms with Gasteiger partial charge in [-0.2, -0.15) is 0 Å². The van der Waals surface area contributed by atoms with Gasteiger partial charge in [0, 0.05) is 23.6 Å². The van der Waals surface area contributed by atoms with Crippen LogP contribution in [0.3, 0.4) is 0 Å². The molecule has 1 atom stereocenters. The Morgan fingerprint density at radius 3 is 2.56 bits per heavy atom. The van der Waals surface area contributed by atoms with E-state index < -0.39 is 23.5 Å². The molecule has 39 heavy (non-hydrogen) atoms. The molecule has 0 bridgehead atoms. The minimum atomic E-state index is -0.875. The molecule has 0 saturated carbocycles. The van der Waals surface area contributed by atoms with E-state index in [0.717, 1.165) is 22.0 Å². The third-order valence-corrected chi connectivity index (χ3v) is 6.91. The van der Waals surface area contributed by atoms with Crippen molar-refractivity contribution < 1.29 is 29.3 Å². The molecule has 1 amide bonds. The number of aliphatic hydroxyl groups is 1. The van der Waals surface area contributed by atoms with Crippen LogP contribution in [0.5, 0.6) is 17.2 Å². The first-order valence-corrected chi connectivity index (χ1v) is 12.4. The molecule has 198 valence electrons. The van der Waals surface area contributed by atoms with Crippen molar-refractivity contribution in [3.05, 3.63) is 107 Å². The lowest BCUT2D eigenvalue weighted by molar-refractivity contribution is -0.129. The standard InChI is InChI=1S/C31H28N2O6/c1-38-22-10-11-24-23(17-22)21(18-32-24)14-15-33-29(20-9-13-25(34)27(16-20)39-2)28(30(36)31(33)37)26(35)12-8-19-6-4-3-5-7-19/h3-13,16-18,29,32,34,36H,14-15H2,1-2H3/b12-8+/t29-/m1/s1. The summed E-state index contributed by atoms with van der Waals surface area (Å²) in [6, 6.07) is 18.8. The van der Waals surface area contributed by atoms with E-state index in [9.17, 15) is 19.8 Å². The zero-order valence-corrected chi connectivity index (χ0v) is 21.5. The summed E-state index contributed by atoms with van der Waals surface area (Å²) in [5.41, 5.74) is 3.20. The highest BCUT2D eigenvalue weighted by Crippen LogP contribution is 2.41. The molecular weight excluding hydrogens is 496 g/mol. The maximum Gasteiger partial charge on any atom is 0.290 e. The van der Waals surface area contributed by atoms with Gasteiger partial charge in [0.25, 0.3) is 5.91 Å². The van der Waals surface area contributed by atoms with Crippen LogP contribution in [0.15, 0.2) is 90.3 Å². The predicted molar refractivity (Wildman–Crippen MR) is 148 cm³/mol. The van der Waals surface area contributed by atoms with E-state index in [-0.39, 0.29) is 23.6 Å². The molecule has 4 aromatic rings. The van der Waals surface area contributed by atoms with Crippen molar-refractivity contribution in [3.8, 4) is 17.2 Å². The summed E-state index contributed by atoms with van der Waals surface area (Å²) in [7, 11) is 3.02. The van der Waals surface area contributed by atoms with E-state index >= 15 is 0 Å². The molecular formula is C31H28N2O6. The Hall–Kier alpha value is -4.98. The van der Waals surface area contributed by atoms with E-state index in [1.54, 1.807) is 25.3 Å². The van der Waals surface area contributed by atoms with Crippen molar-refractivity contribution >= 4 is 28.7 Å². The van der Waals surface area contributed by atoms with E-state index in [0.29, 0.717) is 17.7 Å². The highest BCUT2D eigenvalue weighted by molar-refractivity contribution is 6.14. The van der Waals surface area contributed by atoms with Gasteiger partial charge in [-0.05, 0) is 59.5 Å². The molecule has 0 radical (unpaired) electrons. The number of fused-ring (bicyclic) bond motifs is 1. The molecule has 0 spiro atoms. The van der Waals surface area contributed by atoms with Gasteiger partial charge in [-0.25, -0.2) is 0 Å². The fourth-order valence-electron chi connectivity index (χ4n) is 4.90. The maximum atomic E-state index is 13.4. The smallest absolute Gasteiger partial charge is 0.290 e. The van der Waals surface area contributed by atoms with Crippen LogP contribution in [0.4, 0.5) is 0 Å². The molecule has 0 saturated heterocycles. The lowest BCUT2D eigenvalue weighted by Gasteiger charge is -2.27. The average Bonchev–Trinajstić information content (AvgIpc) is 3.48. The molecule has 3 N–H and O–H groups in total. The Morgan fingerprint density at radius 1 is 1.03 bits per heavy atom. The molecule has 2 heterocycles. The molecule has 8 nitrogen and oxygen atoms in total. The molecule has 1 aromatic heterocycles. The number of phenolic OH excluding ortho intramolecular Hbond substituents is 1. The second kappa shape index (κ2) is 10.8. The normalized spacial score (nSPS) is 15.5. The monoisotopic (exact) mass is 524 g/mol. The third kappa shape index (κ3) is 4.96. The SMILES string of the molecule is COc1ccc2[nH]cc(CCN3C(=O)C(O)=C(C(=O)/C=C/c4ccccc4)[C@H]3c3ccc(O)c(OC)c3)c2c1.